The fourth-order valence-electron chi connectivity index (χ4n) is 3.53. The Morgan fingerprint density at radius 3 is 2.62 bits per heavy atom. The minimum absolute atomic E-state index is 0.150. The van der Waals surface area contributed by atoms with Crippen molar-refractivity contribution < 1.29 is 13.2 Å². The third-order valence-electron chi connectivity index (χ3n) is 4.93. The first-order valence-electron chi connectivity index (χ1n) is 7.43. The number of alkyl halides is 3. The zero-order chi connectivity index (χ0) is 14.7. The highest BCUT2D eigenvalue weighted by Gasteiger charge is 2.63. The lowest BCUT2D eigenvalue weighted by Gasteiger charge is -2.54. The van der Waals surface area contributed by atoms with Gasteiger partial charge in [0.15, 0.2) is 5.54 Å². The topological polar surface area (TPSA) is 15.3 Å². The molecule has 1 atom stereocenters. The summed E-state index contributed by atoms with van der Waals surface area (Å²) in [6, 6.07) is 6.84. The van der Waals surface area contributed by atoms with Crippen LogP contribution in [0.2, 0.25) is 0 Å². The number of benzene rings is 1. The van der Waals surface area contributed by atoms with Gasteiger partial charge < -0.3 is 10.2 Å². The molecule has 1 aromatic carbocycles. The number of halogens is 3. The molecule has 2 aliphatic heterocycles. The number of hydrogen-bond acceptors (Lipinski definition) is 2. The van der Waals surface area contributed by atoms with Gasteiger partial charge in [-0.05, 0) is 30.9 Å². The summed E-state index contributed by atoms with van der Waals surface area (Å²) >= 11 is 0. The SMILES string of the molecule is FC(F)(F)[C@]1(CCC2CC2)c2ccccc2NC2=CCN21. The van der Waals surface area contributed by atoms with E-state index in [-0.39, 0.29) is 6.42 Å². The van der Waals surface area contributed by atoms with E-state index in [1.807, 2.05) is 6.08 Å². The van der Waals surface area contributed by atoms with Crippen LogP contribution in [0.5, 0.6) is 0 Å². The maximum absolute atomic E-state index is 14.1. The number of fused-ring (bicyclic) bond motifs is 2. The molecule has 0 spiro atoms. The van der Waals surface area contributed by atoms with Crippen LogP contribution in [0.4, 0.5) is 18.9 Å². The van der Waals surface area contributed by atoms with Crippen molar-refractivity contribution in [2.45, 2.75) is 37.4 Å². The Morgan fingerprint density at radius 2 is 2.00 bits per heavy atom. The van der Waals surface area contributed by atoms with E-state index in [9.17, 15) is 13.2 Å². The number of para-hydroxylation sites is 1. The lowest BCUT2D eigenvalue weighted by molar-refractivity contribution is -0.238. The number of rotatable bonds is 3. The molecule has 0 unspecified atom stereocenters. The van der Waals surface area contributed by atoms with E-state index in [2.05, 4.69) is 5.32 Å². The molecule has 1 saturated carbocycles. The van der Waals surface area contributed by atoms with Crippen LogP contribution in [0, 0.1) is 5.92 Å². The highest BCUT2D eigenvalue weighted by molar-refractivity contribution is 5.63. The van der Waals surface area contributed by atoms with Crippen LogP contribution in [0.25, 0.3) is 0 Å². The second-order valence-corrected chi connectivity index (χ2v) is 6.21. The van der Waals surface area contributed by atoms with Gasteiger partial charge in [-0.1, -0.05) is 31.0 Å². The normalized spacial score (nSPS) is 27.2. The van der Waals surface area contributed by atoms with Gasteiger partial charge >= 0.3 is 6.18 Å². The molecule has 1 N–H and O–H groups in total. The Hall–Kier alpha value is -1.65. The third-order valence-corrected chi connectivity index (χ3v) is 4.93. The van der Waals surface area contributed by atoms with E-state index in [0.717, 1.165) is 12.8 Å². The molecule has 112 valence electrons. The van der Waals surface area contributed by atoms with Gasteiger partial charge in [-0.3, -0.25) is 0 Å². The summed E-state index contributed by atoms with van der Waals surface area (Å²) in [6.45, 7) is 0.362. The Balaban J connectivity index is 1.84. The van der Waals surface area contributed by atoms with Crippen LogP contribution >= 0.6 is 0 Å². The highest BCUT2D eigenvalue weighted by atomic mass is 19.4. The van der Waals surface area contributed by atoms with Gasteiger partial charge in [0, 0.05) is 17.8 Å². The van der Waals surface area contributed by atoms with Crippen LogP contribution < -0.4 is 5.32 Å². The van der Waals surface area contributed by atoms with E-state index >= 15 is 0 Å². The standard InChI is InChI=1S/C16H17F3N2/c17-16(18,19)15(9-7-11-5-6-11)12-3-1-2-4-13(12)20-14-8-10-21(14)15/h1-4,8,11,20H,5-7,9-10H2/t15-/m0/s1. The second kappa shape index (κ2) is 4.18. The molecule has 1 aromatic rings. The summed E-state index contributed by atoms with van der Waals surface area (Å²) in [6.07, 6.45) is 0.509. The predicted molar refractivity (Wildman–Crippen MR) is 74.5 cm³/mol. The lowest BCUT2D eigenvalue weighted by atomic mass is 9.78. The van der Waals surface area contributed by atoms with Crippen LogP contribution in [-0.2, 0) is 5.54 Å². The Bertz CT molecular complexity index is 604. The molecule has 1 fully saturated rings. The van der Waals surface area contributed by atoms with Gasteiger partial charge in [-0.15, -0.1) is 0 Å². The van der Waals surface area contributed by atoms with Crippen molar-refractivity contribution in [2.24, 2.45) is 5.92 Å². The van der Waals surface area contributed by atoms with E-state index in [1.165, 1.54) is 4.90 Å². The molecule has 5 heteroatoms. The second-order valence-electron chi connectivity index (χ2n) is 6.21. The van der Waals surface area contributed by atoms with E-state index in [0.29, 0.717) is 36.0 Å². The van der Waals surface area contributed by atoms with Crippen LogP contribution in [0.15, 0.2) is 36.2 Å². The maximum atomic E-state index is 14.1. The van der Waals surface area contributed by atoms with Crippen LogP contribution in [0.3, 0.4) is 0 Å². The van der Waals surface area contributed by atoms with Gasteiger partial charge in [0.25, 0.3) is 0 Å². The third kappa shape index (κ3) is 1.79. The van der Waals surface area contributed by atoms with E-state index in [4.69, 9.17) is 0 Å². The van der Waals surface area contributed by atoms with Gasteiger partial charge in [-0.2, -0.15) is 13.2 Å². The van der Waals surface area contributed by atoms with Crippen molar-refractivity contribution in [3.63, 3.8) is 0 Å². The summed E-state index contributed by atoms with van der Waals surface area (Å²) in [5, 5.41) is 3.11. The van der Waals surface area contributed by atoms with Gasteiger partial charge in [-0.25, -0.2) is 0 Å². The van der Waals surface area contributed by atoms with Crippen molar-refractivity contribution in [2.75, 3.05) is 11.9 Å². The molecule has 0 bridgehead atoms. The fourth-order valence-corrected chi connectivity index (χ4v) is 3.53. The average Bonchev–Trinajstić information content (AvgIpc) is 3.22. The molecule has 0 amide bonds. The molecule has 4 rings (SSSR count). The zero-order valence-electron chi connectivity index (χ0n) is 11.6. The molecule has 0 saturated heterocycles. The summed E-state index contributed by atoms with van der Waals surface area (Å²) in [4.78, 5) is 1.50. The molecular formula is C16H17F3N2. The van der Waals surface area contributed by atoms with Gasteiger partial charge in [0.2, 0.25) is 0 Å². The van der Waals surface area contributed by atoms with Crippen LogP contribution in [-0.4, -0.2) is 17.6 Å². The Morgan fingerprint density at radius 1 is 1.24 bits per heavy atom. The first kappa shape index (κ1) is 13.0. The number of hydrogen-bond donors (Lipinski definition) is 1. The summed E-state index contributed by atoms with van der Waals surface area (Å²) < 4.78 is 42.3. The number of nitrogens with zero attached hydrogens (tertiary/aromatic N) is 1. The quantitative estimate of drug-likeness (QED) is 0.898. The van der Waals surface area contributed by atoms with E-state index in [1.54, 1.807) is 24.3 Å². The van der Waals surface area contributed by atoms with Crippen molar-refractivity contribution in [1.29, 1.82) is 0 Å². The smallest absolute Gasteiger partial charge is 0.342 e. The van der Waals surface area contributed by atoms with E-state index < -0.39 is 11.7 Å². The minimum atomic E-state index is -4.28. The monoisotopic (exact) mass is 294 g/mol. The van der Waals surface area contributed by atoms with Crippen LogP contribution in [0.1, 0.15) is 31.2 Å². The molecule has 1 aliphatic carbocycles. The van der Waals surface area contributed by atoms with Crippen molar-refractivity contribution in [3.8, 4) is 0 Å². The lowest BCUT2D eigenvalue weighted by Crippen LogP contribution is -2.62. The van der Waals surface area contributed by atoms with Crippen molar-refractivity contribution in [3.05, 3.63) is 41.7 Å². The summed E-state index contributed by atoms with van der Waals surface area (Å²) in [5.74, 6) is 1.09. The van der Waals surface area contributed by atoms with Crippen molar-refractivity contribution >= 4 is 5.69 Å². The molecule has 21 heavy (non-hydrogen) atoms. The van der Waals surface area contributed by atoms with Crippen molar-refractivity contribution in [1.82, 2.24) is 4.90 Å². The Kier molecular flexibility index (Phi) is 2.60. The minimum Gasteiger partial charge on any atom is -0.342 e. The van der Waals surface area contributed by atoms with Gasteiger partial charge in [0.05, 0.1) is 0 Å². The predicted octanol–water partition coefficient (Wildman–Crippen LogP) is 4.22. The maximum Gasteiger partial charge on any atom is 0.416 e. The number of nitrogens with one attached hydrogen (secondary N) is 1. The summed E-state index contributed by atoms with van der Waals surface area (Å²) in [7, 11) is 0. The zero-order valence-corrected chi connectivity index (χ0v) is 11.6. The largest absolute Gasteiger partial charge is 0.416 e. The van der Waals surface area contributed by atoms with Gasteiger partial charge in [0.1, 0.15) is 5.82 Å². The molecular weight excluding hydrogens is 277 g/mol. The molecule has 3 aliphatic rings. The molecule has 2 nitrogen and oxygen atoms in total. The first-order valence-corrected chi connectivity index (χ1v) is 7.43. The Labute approximate surface area is 121 Å². The fraction of sp³-hybridized carbons (Fsp3) is 0.500. The molecule has 0 aromatic heterocycles. The first-order chi connectivity index (χ1) is 10.0. The summed E-state index contributed by atoms with van der Waals surface area (Å²) in [5.41, 5.74) is -0.899. The molecule has 2 heterocycles. The average molecular weight is 294 g/mol. The number of anilines is 1. The molecule has 0 radical (unpaired) electrons. The highest BCUT2D eigenvalue weighted by Crippen LogP contribution is 2.56.